The molecular weight excluding hydrogens is 324 g/mol. The Hall–Kier alpha value is -2.51. The van der Waals surface area contributed by atoms with Crippen LogP contribution in [0.4, 0.5) is 0 Å². The third-order valence-electron chi connectivity index (χ3n) is 3.72. The maximum absolute atomic E-state index is 11.5. The fourth-order valence-corrected chi connectivity index (χ4v) is 3.02. The van der Waals surface area contributed by atoms with Crippen LogP contribution >= 0.6 is 0 Å². The smallest absolute Gasteiger partial charge is 0.175 e. The highest BCUT2D eigenvalue weighted by atomic mass is 32.2. The Labute approximate surface area is 140 Å². The van der Waals surface area contributed by atoms with Crippen LogP contribution < -0.4 is 5.73 Å². The zero-order valence-corrected chi connectivity index (χ0v) is 14.0. The summed E-state index contributed by atoms with van der Waals surface area (Å²) < 4.78 is 24.6. The van der Waals surface area contributed by atoms with Crippen LogP contribution in [0.15, 0.2) is 65.7 Å². The van der Waals surface area contributed by atoms with Gasteiger partial charge in [-0.2, -0.15) is 0 Å². The second kappa shape index (κ2) is 6.54. The normalized spacial score (nSPS) is 12.9. The molecule has 0 saturated heterocycles. The summed E-state index contributed by atoms with van der Waals surface area (Å²) in [6, 6.07) is 16.2. The first-order valence-corrected chi connectivity index (χ1v) is 9.35. The lowest BCUT2D eigenvalue weighted by Gasteiger charge is -2.07. The van der Waals surface area contributed by atoms with Crippen molar-refractivity contribution in [2.45, 2.75) is 17.4 Å². The summed E-state index contributed by atoms with van der Waals surface area (Å²) in [5, 5.41) is 8.21. The lowest BCUT2D eigenvalue weighted by molar-refractivity contribution is 0.602. The molecule has 3 rings (SSSR count). The van der Waals surface area contributed by atoms with E-state index in [0.29, 0.717) is 12.1 Å². The molecular formula is C17H18N4O2S. The largest absolute Gasteiger partial charge is 0.322 e. The molecule has 2 aromatic carbocycles. The first kappa shape index (κ1) is 16.4. The summed E-state index contributed by atoms with van der Waals surface area (Å²) in [6.07, 6.45) is 3.62. The van der Waals surface area contributed by atoms with Crippen LogP contribution in [0.3, 0.4) is 0 Å². The van der Waals surface area contributed by atoms with Crippen LogP contribution in [0.2, 0.25) is 0 Å². The Balaban J connectivity index is 1.78. The number of sulfone groups is 1. The van der Waals surface area contributed by atoms with Crippen LogP contribution in [0.25, 0.3) is 5.69 Å². The van der Waals surface area contributed by atoms with E-state index in [1.807, 2.05) is 30.3 Å². The molecule has 1 unspecified atom stereocenters. The van der Waals surface area contributed by atoms with Crippen molar-refractivity contribution < 1.29 is 8.42 Å². The van der Waals surface area contributed by atoms with E-state index in [-0.39, 0.29) is 10.9 Å². The van der Waals surface area contributed by atoms with Crippen LogP contribution in [0, 0.1) is 0 Å². The van der Waals surface area contributed by atoms with Gasteiger partial charge in [-0.3, -0.25) is 0 Å². The predicted molar refractivity (Wildman–Crippen MR) is 91.5 cm³/mol. The number of nitrogens with zero attached hydrogens (tertiary/aromatic N) is 3. The van der Waals surface area contributed by atoms with Crippen molar-refractivity contribution >= 4 is 9.84 Å². The number of hydrogen-bond acceptors (Lipinski definition) is 5. The second-order valence-corrected chi connectivity index (χ2v) is 7.67. The van der Waals surface area contributed by atoms with Gasteiger partial charge in [-0.15, -0.1) is 5.10 Å². The van der Waals surface area contributed by atoms with E-state index in [9.17, 15) is 8.42 Å². The van der Waals surface area contributed by atoms with Crippen LogP contribution in [-0.2, 0) is 16.3 Å². The molecule has 0 fully saturated rings. The van der Waals surface area contributed by atoms with Gasteiger partial charge in [0, 0.05) is 6.26 Å². The Kier molecular flexibility index (Phi) is 4.46. The molecule has 3 aromatic rings. The van der Waals surface area contributed by atoms with Gasteiger partial charge < -0.3 is 5.73 Å². The van der Waals surface area contributed by atoms with Crippen LogP contribution in [0.5, 0.6) is 0 Å². The first-order valence-electron chi connectivity index (χ1n) is 7.46. The molecule has 0 aliphatic heterocycles. The summed E-state index contributed by atoms with van der Waals surface area (Å²) in [5.41, 5.74) is 8.76. The van der Waals surface area contributed by atoms with Crippen molar-refractivity contribution in [2.24, 2.45) is 5.73 Å². The van der Waals surface area contributed by atoms with Gasteiger partial charge in [0.1, 0.15) is 5.69 Å². The quantitative estimate of drug-likeness (QED) is 0.765. The molecule has 1 heterocycles. The summed E-state index contributed by atoms with van der Waals surface area (Å²) in [4.78, 5) is 0.271. The van der Waals surface area contributed by atoms with Gasteiger partial charge in [0.15, 0.2) is 9.84 Å². The highest BCUT2D eigenvalue weighted by molar-refractivity contribution is 7.90. The number of aromatic nitrogens is 3. The fourth-order valence-electron chi connectivity index (χ4n) is 2.39. The maximum Gasteiger partial charge on any atom is 0.175 e. The van der Waals surface area contributed by atoms with Crippen molar-refractivity contribution in [3.63, 3.8) is 0 Å². The summed E-state index contributed by atoms with van der Waals surface area (Å²) >= 11 is 0. The molecule has 124 valence electrons. The minimum absolute atomic E-state index is 0.253. The van der Waals surface area contributed by atoms with E-state index >= 15 is 0 Å². The van der Waals surface area contributed by atoms with Crippen molar-refractivity contribution in [3.8, 4) is 5.69 Å². The highest BCUT2D eigenvalue weighted by Crippen LogP contribution is 2.17. The third-order valence-corrected chi connectivity index (χ3v) is 4.85. The summed E-state index contributed by atoms with van der Waals surface area (Å²) in [6.45, 7) is 0. The number of rotatable bonds is 5. The molecule has 0 bridgehead atoms. The van der Waals surface area contributed by atoms with Gasteiger partial charge in [-0.1, -0.05) is 35.5 Å². The lowest BCUT2D eigenvalue weighted by atomic mass is 10.0. The van der Waals surface area contributed by atoms with Crippen molar-refractivity contribution in [3.05, 3.63) is 72.1 Å². The summed E-state index contributed by atoms with van der Waals surface area (Å²) in [7, 11) is -3.21. The first-order chi connectivity index (χ1) is 11.4. The zero-order valence-electron chi connectivity index (χ0n) is 13.2. The average molecular weight is 342 g/mol. The SMILES string of the molecule is CS(=O)(=O)c1ccc(-n2cc(C(N)Cc3ccccc3)nn2)cc1. The van der Waals surface area contributed by atoms with E-state index in [1.54, 1.807) is 35.1 Å². The van der Waals surface area contributed by atoms with E-state index in [2.05, 4.69) is 10.3 Å². The van der Waals surface area contributed by atoms with Crippen molar-refractivity contribution in [1.82, 2.24) is 15.0 Å². The molecule has 0 amide bonds. The van der Waals surface area contributed by atoms with Gasteiger partial charge in [0.05, 0.1) is 22.8 Å². The van der Waals surface area contributed by atoms with Gasteiger partial charge >= 0.3 is 0 Å². The van der Waals surface area contributed by atoms with Gasteiger partial charge in [0.25, 0.3) is 0 Å². The molecule has 0 radical (unpaired) electrons. The molecule has 1 atom stereocenters. The minimum Gasteiger partial charge on any atom is -0.322 e. The standard InChI is InChI=1S/C17H18N4O2S/c1-24(22,23)15-9-7-14(8-10-15)21-12-17(19-20-21)16(18)11-13-5-3-2-4-6-13/h2-10,12,16H,11,18H2,1H3. The molecule has 2 N–H and O–H groups in total. The van der Waals surface area contributed by atoms with Crippen molar-refractivity contribution in [1.29, 1.82) is 0 Å². The minimum atomic E-state index is -3.21. The second-order valence-electron chi connectivity index (χ2n) is 5.65. The molecule has 24 heavy (non-hydrogen) atoms. The lowest BCUT2D eigenvalue weighted by Crippen LogP contribution is -2.13. The predicted octanol–water partition coefficient (Wildman–Crippen LogP) is 1.91. The highest BCUT2D eigenvalue weighted by Gasteiger charge is 2.13. The van der Waals surface area contributed by atoms with E-state index in [4.69, 9.17) is 5.73 Å². The molecule has 0 saturated carbocycles. The summed E-state index contributed by atoms with van der Waals surface area (Å²) in [5.74, 6) is 0. The number of nitrogens with two attached hydrogens (primary N) is 1. The van der Waals surface area contributed by atoms with Gasteiger partial charge in [-0.25, -0.2) is 13.1 Å². The Morgan fingerprint density at radius 2 is 1.75 bits per heavy atom. The maximum atomic E-state index is 11.5. The van der Waals surface area contributed by atoms with E-state index < -0.39 is 9.84 Å². The molecule has 0 aliphatic carbocycles. The molecule has 0 spiro atoms. The topological polar surface area (TPSA) is 90.9 Å². The fraction of sp³-hybridized carbons (Fsp3) is 0.176. The van der Waals surface area contributed by atoms with Crippen LogP contribution in [0.1, 0.15) is 17.3 Å². The zero-order chi connectivity index (χ0) is 17.2. The van der Waals surface area contributed by atoms with Gasteiger partial charge in [0.2, 0.25) is 0 Å². The average Bonchev–Trinajstić information content (AvgIpc) is 3.05. The Bertz CT molecular complexity index is 919. The Morgan fingerprint density at radius 3 is 2.38 bits per heavy atom. The molecule has 6 nitrogen and oxygen atoms in total. The van der Waals surface area contributed by atoms with E-state index in [1.165, 1.54) is 6.26 Å². The number of benzene rings is 2. The molecule has 7 heteroatoms. The Morgan fingerprint density at radius 1 is 1.08 bits per heavy atom. The molecule has 0 aliphatic rings. The molecule has 1 aromatic heterocycles. The third kappa shape index (κ3) is 3.69. The van der Waals surface area contributed by atoms with Crippen molar-refractivity contribution in [2.75, 3.05) is 6.26 Å². The monoisotopic (exact) mass is 342 g/mol. The van der Waals surface area contributed by atoms with Crippen LogP contribution in [-0.4, -0.2) is 29.7 Å². The van der Waals surface area contributed by atoms with E-state index in [0.717, 1.165) is 11.3 Å². The van der Waals surface area contributed by atoms with Gasteiger partial charge in [-0.05, 0) is 36.2 Å². The number of hydrogen-bond donors (Lipinski definition) is 1.